The van der Waals surface area contributed by atoms with Crippen molar-refractivity contribution in [3.05, 3.63) is 60.2 Å². The van der Waals surface area contributed by atoms with Crippen molar-refractivity contribution in [3.8, 4) is 11.1 Å². The number of hydrogen-bond donors (Lipinski definition) is 3. The minimum absolute atomic E-state index is 0. The highest BCUT2D eigenvalue weighted by molar-refractivity contribution is 5.77. The number of carboxylic acids is 1. The van der Waals surface area contributed by atoms with Gasteiger partial charge in [0.05, 0.1) is 12.5 Å². The molecule has 0 spiro atoms. The summed E-state index contributed by atoms with van der Waals surface area (Å²) in [5, 5.41) is 12.4. The van der Waals surface area contributed by atoms with Gasteiger partial charge in [-0.3, -0.25) is 9.59 Å². The predicted molar refractivity (Wildman–Crippen MR) is 120 cm³/mol. The lowest BCUT2D eigenvalue weighted by atomic mass is 9.94. The topological polar surface area (TPSA) is 128 Å². The number of carbonyl (C=O) groups excluding carboxylic acids is 2. The van der Waals surface area contributed by atoms with Crippen molar-refractivity contribution in [2.75, 3.05) is 6.61 Å². The molecule has 31 heavy (non-hydrogen) atoms. The Morgan fingerprint density at radius 2 is 1.68 bits per heavy atom. The van der Waals surface area contributed by atoms with E-state index in [2.05, 4.69) is 5.32 Å². The molecular weight excluding hydrogens is 396 g/mol. The van der Waals surface area contributed by atoms with E-state index in [0.29, 0.717) is 25.7 Å². The van der Waals surface area contributed by atoms with E-state index in [-0.39, 0.29) is 24.6 Å². The molecule has 0 saturated carbocycles. The molecule has 0 heterocycles. The van der Waals surface area contributed by atoms with Crippen molar-refractivity contribution < 1.29 is 24.2 Å². The van der Waals surface area contributed by atoms with Gasteiger partial charge >= 0.3 is 11.9 Å². The number of benzene rings is 2. The lowest BCUT2D eigenvalue weighted by molar-refractivity contribution is -0.147. The molecule has 3 atom stereocenters. The Balaban J connectivity index is 0.00000480. The van der Waals surface area contributed by atoms with E-state index >= 15 is 0 Å². The van der Waals surface area contributed by atoms with Crippen LogP contribution in [-0.2, 0) is 25.5 Å². The first kappa shape index (κ1) is 26.0. The number of carboxylic acid groups (broad SMARTS) is 1. The van der Waals surface area contributed by atoms with Gasteiger partial charge in [0.15, 0.2) is 0 Å². The zero-order valence-electron chi connectivity index (χ0n) is 18.1. The maximum atomic E-state index is 12.1. The van der Waals surface area contributed by atoms with Crippen LogP contribution in [0.2, 0.25) is 0 Å². The minimum atomic E-state index is -1.09. The Morgan fingerprint density at radius 3 is 2.23 bits per heavy atom. The van der Waals surface area contributed by atoms with Gasteiger partial charge in [0.1, 0.15) is 12.3 Å². The maximum Gasteiger partial charge on any atom is 0.321 e. The SMILES string of the molecule is CCOC(=O)[C@H](C)C[C@@H](Cc1ccc(-c2ccccc2)cc1)NC(CC=O)C(=O)O.N. The molecule has 168 valence electrons. The predicted octanol–water partition coefficient (Wildman–Crippen LogP) is 3.65. The van der Waals surface area contributed by atoms with Gasteiger partial charge in [-0.1, -0.05) is 61.5 Å². The molecule has 0 aromatic heterocycles. The summed E-state index contributed by atoms with van der Waals surface area (Å²) in [6, 6.07) is 16.8. The van der Waals surface area contributed by atoms with Crippen molar-refractivity contribution in [1.82, 2.24) is 11.5 Å². The fourth-order valence-corrected chi connectivity index (χ4v) is 3.39. The molecular formula is C24H32N2O5. The number of nitrogens with one attached hydrogen (secondary N) is 1. The van der Waals surface area contributed by atoms with Gasteiger partial charge in [0.25, 0.3) is 0 Å². The van der Waals surface area contributed by atoms with E-state index in [4.69, 9.17) is 4.74 Å². The molecule has 7 nitrogen and oxygen atoms in total. The lowest BCUT2D eigenvalue weighted by Gasteiger charge is -2.25. The monoisotopic (exact) mass is 428 g/mol. The molecule has 2 rings (SSSR count). The first-order valence-corrected chi connectivity index (χ1v) is 10.2. The van der Waals surface area contributed by atoms with Crippen molar-refractivity contribution >= 4 is 18.2 Å². The van der Waals surface area contributed by atoms with E-state index < -0.39 is 17.9 Å². The third-order valence-electron chi connectivity index (χ3n) is 4.94. The third kappa shape index (κ3) is 8.32. The van der Waals surface area contributed by atoms with Gasteiger partial charge in [-0.05, 0) is 36.5 Å². The van der Waals surface area contributed by atoms with Crippen molar-refractivity contribution in [1.29, 1.82) is 0 Å². The highest BCUT2D eigenvalue weighted by Crippen LogP contribution is 2.21. The zero-order valence-corrected chi connectivity index (χ0v) is 18.1. The number of hydrogen-bond acceptors (Lipinski definition) is 6. The molecule has 0 amide bonds. The number of esters is 1. The van der Waals surface area contributed by atoms with Crippen molar-refractivity contribution in [2.45, 2.75) is 45.2 Å². The van der Waals surface area contributed by atoms with Crippen molar-refractivity contribution in [3.63, 3.8) is 0 Å². The Kier molecular flexibility index (Phi) is 11.2. The van der Waals surface area contributed by atoms with E-state index in [9.17, 15) is 19.5 Å². The molecule has 0 aliphatic rings. The number of aliphatic carboxylic acids is 1. The molecule has 0 aliphatic heterocycles. The van der Waals surface area contributed by atoms with Gasteiger partial charge in [0.2, 0.25) is 0 Å². The van der Waals surface area contributed by atoms with Crippen LogP contribution in [0, 0.1) is 5.92 Å². The van der Waals surface area contributed by atoms with Crippen LogP contribution >= 0.6 is 0 Å². The quantitative estimate of drug-likeness (QED) is 0.348. The van der Waals surface area contributed by atoms with Gasteiger partial charge in [0, 0.05) is 12.5 Å². The first-order valence-electron chi connectivity index (χ1n) is 10.2. The van der Waals surface area contributed by atoms with E-state index in [1.54, 1.807) is 13.8 Å². The van der Waals surface area contributed by atoms with Crippen molar-refractivity contribution in [2.24, 2.45) is 5.92 Å². The molecule has 5 N–H and O–H groups in total. The Bertz CT molecular complexity index is 824. The average Bonchev–Trinajstić information content (AvgIpc) is 2.74. The zero-order chi connectivity index (χ0) is 21.9. The molecule has 0 bridgehead atoms. The smallest absolute Gasteiger partial charge is 0.321 e. The van der Waals surface area contributed by atoms with Gasteiger partial charge < -0.3 is 26.1 Å². The summed E-state index contributed by atoms with van der Waals surface area (Å²) in [5.41, 5.74) is 3.22. The number of rotatable bonds is 12. The van der Waals surface area contributed by atoms with Crippen LogP contribution in [0.25, 0.3) is 11.1 Å². The highest BCUT2D eigenvalue weighted by atomic mass is 16.5. The molecule has 7 heteroatoms. The molecule has 2 aromatic rings. The molecule has 0 aliphatic carbocycles. The summed E-state index contributed by atoms with van der Waals surface area (Å²) in [6.07, 6.45) is 1.39. The Labute approximate surface area is 183 Å². The van der Waals surface area contributed by atoms with Crippen LogP contribution in [0.4, 0.5) is 0 Å². The highest BCUT2D eigenvalue weighted by Gasteiger charge is 2.25. The number of ether oxygens (including phenoxy) is 1. The fourth-order valence-electron chi connectivity index (χ4n) is 3.39. The second kappa shape index (κ2) is 13.3. The summed E-state index contributed by atoms with van der Waals surface area (Å²) in [4.78, 5) is 34.4. The second-order valence-electron chi connectivity index (χ2n) is 7.31. The van der Waals surface area contributed by atoms with Crippen LogP contribution in [0.5, 0.6) is 0 Å². The maximum absolute atomic E-state index is 12.1. The van der Waals surface area contributed by atoms with Crippen LogP contribution in [0.1, 0.15) is 32.3 Å². The molecule has 0 saturated heterocycles. The average molecular weight is 429 g/mol. The van der Waals surface area contributed by atoms with Gasteiger partial charge in [-0.25, -0.2) is 0 Å². The summed E-state index contributed by atoms with van der Waals surface area (Å²) < 4.78 is 5.08. The van der Waals surface area contributed by atoms with E-state index in [1.165, 1.54) is 0 Å². The van der Waals surface area contributed by atoms with E-state index in [1.807, 2.05) is 54.6 Å². The molecule has 2 aromatic carbocycles. The largest absolute Gasteiger partial charge is 0.480 e. The molecule has 1 unspecified atom stereocenters. The number of carbonyl (C=O) groups is 3. The van der Waals surface area contributed by atoms with E-state index in [0.717, 1.165) is 16.7 Å². The van der Waals surface area contributed by atoms with Crippen LogP contribution in [0.3, 0.4) is 0 Å². The number of aldehydes is 1. The van der Waals surface area contributed by atoms with Crippen LogP contribution in [-0.4, -0.2) is 42.0 Å². The fraction of sp³-hybridized carbons (Fsp3) is 0.375. The normalized spacial score (nSPS) is 13.4. The lowest BCUT2D eigenvalue weighted by Crippen LogP contribution is -2.45. The Morgan fingerprint density at radius 1 is 1.06 bits per heavy atom. The first-order chi connectivity index (χ1) is 14.4. The summed E-state index contributed by atoms with van der Waals surface area (Å²) in [7, 11) is 0. The summed E-state index contributed by atoms with van der Waals surface area (Å²) in [5.74, 6) is -1.79. The third-order valence-corrected chi connectivity index (χ3v) is 4.94. The van der Waals surface area contributed by atoms with Crippen LogP contribution < -0.4 is 11.5 Å². The molecule has 0 fully saturated rings. The summed E-state index contributed by atoms with van der Waals surface area (Å²) >= 11 is 0. The van der Waals surface area contributed by atoms with Gasteiger partial charge in [-0.2, -0.15) is 0 Å². The minimum Gasteiger partial charge on any atom is -0.480 e. The standard InChI is InChI=1S/C24H29NO5.H3N/c1-3-30-24(29)17(2)15-21(25-22(13-14-26)23(27)28)16-18-9-11-20(12-10-18)19-7-5-4-6-8-19;/h4-12,14,17,21-22,25H,3,13,15-16H2,1-2H3,(H,27,28);1H3/t17-,21+,22?;/m1./s1. The molecule has 0 radical (unpaired) electrons. The summed E-state index contributed by atoms with van der Waals surface area (Å²) in [6.45, 7) is 3.81. The van der Waals surface area contributed by atoms with Crippen LogP contribution in [0.15, 0.2) is 54.6 Å². The Hall–Kier alpha value is -3.03. The van der Waals surface area contributed by atoms with Gasteiger partial charge in [-0.15, -0.1) is 0 Å². The second-order valence-corrected chi connectivity index (χ2v) is 7.31.